The second kappa shape index (κ2) is 6.22. The van der Waals surface area contributed by atoms with Crippen LogP contribution < -0.4 is 11.1 Å². The molecule has 2 rings (SSSR count). The van der Waals surface area contributed by atoms with Crippen molar-refractivity contribution in [3.05, 3.63) is 35.4 Å². The van der Waals surface area contributed by atoms with Gasteiger partial charge in [0.05, 0.1) is 12.6 Å². The minimum Gasteiger partial charge on any atom is -0.465 e. The highest BCUT2D eigenvalue weighted by Gasteiger charge is 2.21. The Balaban J connectivity index is 1.92. The van der Waals surface area contributed by atoms with Crippen molar-refractivity contribution in [1.82, 2.24) is 5.32 Å². The van der Waals surface area contributed by atoms with E-state index in [1.165, 1.54) is 11.1 Å². The van der Waals surface area contributed by atoms with Crippen molar-refractivity contribution < 1.29 is 9.53 Å². The number of nitrogens with two attached hydrogens (primary N) is 1. The van der Waals surface area contributed by atoms with Crippen molar-refractivity contribution in [3.8, 4) is 0 Å². The van der Waals surface area contributed by atoms with Crippen molar-refractivity contribution in [2.24, 2.45) is 10.7 Å². The maximum atomic E-state index is 11.2. The first-order chi connectivity index (χ1) is 9.20. The lowest BCUT2D eigenvalue weighted by Crippen LogP contribution is -2.34. The first-order valence-corrected chi connectivity index (χ1v) is 6.50. The van der Waals surface area contributed by atoms with E-state index in [0.717, 1.165) is 12.8 Å². The number of nitrogens with one attached hydrogen (secondary N) is 1. The molecule has 0 heterocycles. The van der Waals surface area contributed by atoms with Crippen LogP contribution in [0.2, 0.25) is 0 Å². The monoisotopic (exact) mass is 261 g/mol. The fraction of sp³-hybridized carbons (Fsp3) is 0.429. The van der Waals surface area contributed by atoms with Crippen molar-refractivity contribution in [2.75, 3.05) is 13.2 Å². The van der Waals surface area contributed by atoms with Crippen LogP contribution in [0, 0.1) is 0 Å². The molecule has 0 radical (unpaired) electrons. The highest BCUT2D eigenvalue weighted by molar-refractivity contribution is 5.82. The van der Waals surface area contributed by atoms with Gasteiger partial charge < -0.3 is 15.8 Å². The number of hydrogen-bond acceptors (Lipinski definition) is 3. The van der Waals surface area contributed by atoms with Crippen LogP contribution in [0.15, 0.2) is 29.3 Å². The molecule has 3 N–H and O–H groups in total. The number of ether oxygens (including phenoxy) is 1. The Bertz CT molecular complexity index is 485. The molecule has 0 saturated heterocycles. The summed E-state index contributed by atoms with van der Waals surface area (Å²) in [5.74, 6) is -0.0752. The molecule has 0 aromatic heterocycles. The van der Waals surface area contributed by atoms with Crippen LogP contribution in [0.3, 0.4) is 0 Å². The lowest BCUT2D eigenvalue weighted by atomic mass is 10.1. The maximum absolute atomic E-state index is 11.2. The molecule has 0 amide bonds. The number of rotatable bonds is 4. The number of carbonyl (C=O) groups excluding carboxylic acids is 1. The third-order valence-electron chi connectivity index (χ3n) is 3.14. The van der Waals surface area contributed by atoms with Crippen LogP contribution >= 0.6 is 0 Å². The second-order valence-corrected chi connectivity index (χ2v) is 4.44. The smallest absolute Gasteiger partial charge is 0.327 e. The summed E-state index contributed by atoms with van der Waals surface area (Å²) >= 11 is 0. The summed E-state index contributed by atoms with van der Waals surface area (Å²) in [6.45, 7) is 2.08. The highest BCUT2D eigenvalue weighted by Crippen LogP contribution is 2.30. The topological polar surface area (TPSA) is 76.7 Å². The molecule has 1 aromatic rings. The van der Waals surface area contributed by atoms with Gasteiger partial charge in [-0.25, -0.2) is 4.99 Å². The molecule has 0 spiro atoms. The molecule has 0 fully saturated rings. The highest BCUT2D eigenvalue weighted by atomic mass is 16.5. The van der Waals surface area contributed by atoms with E-state index in [1.54, 1.807) is 6.92 Å². The molecule has 0 saturated carbocycles. The number of guanidine groups is 1. The quantitative estimate of drug-likeness (QED) is 0.484. The number of hydrogen-bond donors (Lipinski definition) is 2. The van der Waals surface area contributed by atoms with Gasteiger partial charge in [-0.05, 0) is 30.9 Å². The van der Waals surface area contributed by atoms with Crippen LogP contribution in [0.25, 0.3) is 0 Å². The fourth-order valence-corrected chi connectivity index (χ4v) is 2.29. The van der Waals surface area contributed by atoms with E-state index < -0.39 is 0 Å². The van der Waals surface area contributed by atoms with E-state index in [1.807, 2.05) is 12.1 Å². The number of aryl methyl sites for hydroxylation is 1. The largest absolute Gasteiger partial charge is 0.465 e. The van der Waals surface area contributed by atoms with Gasteiger partial charge in [-0.3, -0.25) is 4.79 Å². The minimum atomic E-state index is -0.362. The van der Waals surface area contributed by atoms with Crippen molar-refractivity contribution in [3.63, 3.8) is 0 Å². The van der Waals surface area contributed by atoms with Gasteiger partial charge >= 0.3 is 5.97 Å². The van der Waals surface area contributed by atoms with Crippen molar-refractivity contribution >= 4 is 11.9 Å². The van der Waals surface area contributed by atoms with Crippen molar-refractivity contribution in [1.29, 1.82) is 0 Å². The van der Waals surface area contributed by atoms with Gasteiger partial charge in [-0.1, -0.05) is 24.3 Å². The molecule has 19 heavy (non-hydrogen) atoms. The van der Waals surface area contributed by atoms with Gasteiger partial charge in [0.1, 0.15) is 6.54 Å². The van der Waals surface area contributed by atoms with Gasteiger partial charge in [0.25, 0.3) is 0 Å². The summed E-state index contributed by atoms with van der Waals surface area (Å²) < 4.78 is 4.79. The number of carbonyl (C=O) groups is 1. The van der Waals surface area contributed by atoms with E-state index in [9.17, 15) is 4.79 Å². The van der Waals surface area contributed by atoms with Gasteiger partial charge in [-0.15, -0.1) is 0 Å². The standard InChI is InChI=1S/C14H19N3O2/c1-2-19-13(18)9-16-14(15)17-12-8-7-10-5-3-4-6-11(10)12/h3-6,12H,2,7-9H2,1H3,(H3,15,16,17). The third kappa shape index (κ3) is 3.47. The summed E-state index contributed by atoms with van der Waals surface area (Å²) in [5.41, 5.74) is 8.39. The Morgan fingerprint density at radius 2 is 2.32 bits per heavy atom. The Hall–Kier alpha value is -2.04. The average molecular weight is 261 g/mol. The van der Waals surface area contributed by atoms with Gasteiger partial charge in [0, 0.05) is 0 Å². The number of nitrogens with zero attached hydrogens (tertiary/aromatic N) is 1. The third-order valence-corrected chi connectivity index (χ3v) is 3.14. The Kier molecular flexibility index (Phi) is 4.39. The molecular weight excluding hydrogens is 242 g/mol. The lowest BCUT2D eigenvalue weighted by molar-refractivity contribution is -0.141. The molecule has 1 aliphatic carbocycles. The SMILES string of the molecule is CCOC(=O)CN=C(N)NC1CCc2ccccc21. The summed E-state index contributed by atoms with van der Waals surface area (Å²) in [6, 6.07) is 8.47. The maximum Gasteiger partial charge on any atom is 0.327 e. The lowest BCUT2D eigenvalue weighted by Gasteiger charge is -2.14. The van der Waals surface area contributed by atoms with Gasteiger partial charge in [0.2, 0.25) is 0 Å². The Labute approximate surface area is 112 Å². The molecule has 5 nitrogen and oxygen atoms in total. The Morgan fingerprint density at radius 3 is 3.11 bits per heavy atom. The van der Waals surface area contributed by atoms with E-state index in [2.05, 4.69) is 22.4 Å². The van der Waals surface area contributed by atoms with E-state index in [4.69, 9.17) is 10.5 Å². The summed E-state index contributed by atoms with van der Waals surface area (Å²) in [6.07, 6.45) is 2.04. The first-order valence-electron chi connectivity index (χ1n) is 6.50. The molecule has 102 valence electrons. The number of fused-ring (bicyclic) bond motifs is 1. The summed E-state index contributed by atoms with van der Waals surface area (Å²) in [5, 5.41) is 3.15. The Morgan fingerprint density at radius 1 is 1.53 bits per heavy atom. The molecule has 5 heteroatoms. The summed E-state index contributed by atoms with van der Waals surface area (Å²) in [4.78, 5) is 15.2. The fourth-order valence-electron chi connectivity index (χ4n) is 2.29. The van der Waals surface area contributed by atoms with Gasteiger partial charge in [-0.2, -0.15) is 0 Å². The molecule has 1 aliphatic rings. The first kappa shape index (κ1) is 13.4. The van der Waals surface area contributed by atoms with E-state index in [-0.39, 0.29) is 24.5 Å². The normalized spacial score (nSPS) is 17.9. The average Bonchev–Trinajstić information content (AvgIpc) is 2.80. The van der Waals surface area contributed by atoms with Crippen LogP contribution in [-0.2, 0) is 16.0 Å². The minimum absolute atomic E-state index is 0.0406. The zero-order chi connectivity index (χ0) is 13.7. The van der Waals surface area contributed by atoms with E-state index >= 15 is 0 Å². The molecule has 1 unspecified atom stereocenters. The number of aliphatic imine (C=N–C) groups is 1. The molecular formula is C14H19N3O2. The van der Waals surface area contributed by atoms with Crippen LogP contribution in [0.1, 0.15) is 30.5 Å². The number of esters is 1. The van der Waals surface area contributed by atoms with Crippen molar-refractivity contribution in [2.45, 2.75) is 25.8 Å². The molecule has 0 aliphatic heterocycles. The summed E-state index contributed by atoms with van der Waals surface area (Å²) in [7, 11) is 0. The van der Waals surface area contributed by atoms with Crippen LogP contribution in [0.4, 0.5) is 0 Å². The molecule has 1 aromatic carbocycles. The molecule has 1 atom stereocenters. The van der Waals surface area contributed by atoms with Gasteiger partial charge in [0.15, 0.2) is 5.96 Å². The van der Waals surface area contributed by atoms with Crippen LogP contribution in [-0.4, -0.2) is 25.1 Å². The van der Waals surface area contributed by atoms with E-state index in [0.29, 0.717) is 6.61 Å². The second-order valence-electron chi connectivity index (χ2n) is 4.44. The predicted molar refractivity (Wildman–Crippen MR) is 73.8 cm³/mol. The zero-order valence-electron chi connectivity index (χ0n) is 11.1. The predicted octanol–water partition coefficient (Wildman–Crippen LogP) is 1.14. The molecule has 0 bridgehead atoms. The van der Waals surface area contributed by atoms with Crippen LogP contribution in [0.5, 0.6) is 0 Å². The zero-order valence-corrected chi connectivity index (χ0v) is 11.1. The number of benzene rings is 1.